The number of carbonyl (C=O) groups is 1. The zero-order chi connectivity index (χ0) is 18.1. The van der Waals surface area contributed by atoms with Gasteiger partial charge in [0.05, 0.1) is 0 Å². The molecule has 134 valence electrons. The van der Waals surface area contributed by atoms with Gasteiger partial charge in [0.25, 0.3) is 5.91 Å². The molecule has 1 aliphatic rings. The van der Waals surface area contributed by atoms with Gasteiger partial charge in [0.2, 0.25) is 5.95 Å². The Morgan fingerprint density at radius 3 is 2.88 bits per heavy atom. The molecule has 1 aromatic carbocycles. The third-order valence-corrected chi connectivity index (χ3v) is 4.60. The Labute approximate surface area is 149 Å². The predicted octanol–water partition coefficient (Wildman–Crippen LogP) is 1.64. The molecule has 1 saturated heterocycles. The van der Waals surface area contributed by atoms with Crippen LogP contribution in [0.3, 0.4) is 0 Å². The molecule has 2 aromatic heterocycles. The van der Waals surface area contributed by atoms with Crippen LogP contribution in [0.4, 0.5) is 5.95 Å². The quantitative estimate of drug-likeness (QED) is 0.694. The molecule has 0 atom stereocenters. The van der Waals surface area contributed by atoms with Crippen molar-refractivity contribution in [1.29, 1.82) is 0 Å². The highest BCUT2D eigenvalue weighted by Gasteiger charge is 2.22. The zero-order valence-electron chi connectivity index (χ0n) is 14.4. The molecule has 2 N–H and O–H groups in total. The second-order valence-electron chi connectivity index (χ2n) is 6.38. The third-order valence-electron chi connectivity index (χ3n) is 4.60. The van der Waals surface area contributed by atoms with Crippen LogP contribution in [0.2, 0.25) is 0 Å². The standard InChI is InChI=1S/C18H19N5O3/c1-23-18(20-15(22-23)11-6-8-19-9-7-11)21-16(24)13-10-12-4-2-3-5-14(12)26-17(13)25/h2-5,10-11,19H,6-9H2,1H3,(H,20,21,22,24). The SMILES string of the molecule is Cn1nc(C2CCNCC2)nc1NC(=O)c1cc2ccccc2oc1=O. The van der Waals surface area contributed by atoms with Crippen LogP contribution in [0, 0.1) is 0 Å². The summed E-state index contributed by atoms with van der Waals surface area (Å²) in [5.41, 5.74) is -0.294. The monoisotopic (exact) mass is 353 g/mol. The molecule has 0 unspecified atom stereocenters. The molecule has 8 nitrogen and oxygen atoms in total. The number of rotatable bonds is 3. The average molecular weight is 353 g/mol. The van der Waals surface area contributed by atoms with Gasteiger partial charge in [-0.15, -0.1) is 0 Å². The largest absolute Gasteiger partial charge is 0.422 e. The van der Waals surface area contributed by atoms with Crippen molar-refractivity contribution in [3.63, 3.8) is 0 Å². The van der Waals surface area contributed by atoms with E-state index in [1.54, 1.807) is 25.2 Å². The number of aromatic nitrogens is 3. The molecule has 1 amide bonds. The summed E-state index contributed by atoms with van der Waals surface area (Å²) in [7, 11) is 1.72. The number of nitrogens with zero attached hydrogens (tertiary/aromatic N) is 3. The minimum Gasteiger partial charge on any atom is -0.422 e. The highest BCUT2D eigenvalue weighted by molar-refractivity contribution is 6.04. The van der Waals surface area contributed by atoms with Gasteiger partial charge in [0.1, 0.15) is 11.1 Å². The van der Waals surface area contributed by atoms with Crippen LogP contribution in [0.15, 0.2) is 39.5 Å². The number of hydrogen-bond acceptors (Lipinski definition) is 6. The number of hydrogen-bond donors (Lipinski definition) is 2. The predicted molar refractivity (Wildman–Crippen MR) is 96.3 cm³/mol. The second kappa shape index (κ2) is 6.72. The summed E-state index contributed by atoms with van der Waals surface area (Å²) in [5, 5.41) is 11.1. The Kier molecular flexibility index (Phi) is 4.26. The van der Waals surface area contributed by atoms with Gasteiger partial charge in [-0.05, 0) is 38.1 Å². The van der Waals surface area contributed by atoms with Crippen LogP contribution < -0.4 is 16.3 Å². The van der Waals surface area contributed by atoms with Crippen LogP contribution in [-0.2, 0) is 7.05 Å². The Morgan fingerprint density at radius 2 is 2.08 bits per heavy atom. The van der Waals surface area contributed by atoms with E-state index in [4.69, 9.17) is 4.42 Å². The molecule has 1 fully saturated rings. The first kappa shape index (κ1) is 16.5. The number of para-hydroxylation sites is 1. The molecule has 3 heterocycles. The maximum absolute atomic E-state index is 12.6. The first-order valence-electron chi connectivity index (χ1n) is 8.58. The zero-order valence-corrected chi connectivity index (χ0v) is 14.4. The van der Waals surface area contributed by atoms with Gasteiger partial charge in [-0.1, -0.05) is 18.2 Å². The molecule has 3 aromatic rings. The lowest BCUT2D eigenvalue weighted by atomic mass is 9.98. The molecule has 8 heteroatoms. The van der Waals surface area contributed by atoms with Crippen LogP contribution in [-0.4, -0.2) is 33.8 Å². The molecule has 0 saturated carbocycles. The molecular formula is C18H19N5O3. The molecule has 0 bridgehead atoms. The fourth-order valence-electron chi connectivity index (χ4n) is 3.16. The topological polar surface area (TPSA) is 102 Å². The van der Waals surface area contributed by atoms with E-state index < -0.39 is 11.5 Å². The summed E-state index contributed by atoms with van der Waals surface area (Å²) in [6.07, 6.45) is 1.93. The van der Waals surface area contributed by atoms with Gasteiger partial charge < -0.3 is 9.73 Å². The Morgan fingerprint density at radius 1 is 1.31 bits per heavy atom. The highest BCUT2D eigenvalue weighted by Crippen LogP contribution is 2.23. The summed E-state index contributed by atoms with van der Waals surface area (Å²) in [6.45, 7) is 1.87. The summed E-state index contributed by atoms with van der Waals surface area (Å²) >= 11 is 0. The maximum atomic E-state index is 12.6. The van der Waals surface area contributed by atoms with E-state index in [1.165, 1.54) is 10.7 Å². The van der Waals surface area contributed by atoms with Crippen LogP contribution in [0.1, 0.15) is 34.9 Å². The Hall–Kier alpha value is -3.00. The van der Waals surface area contributed by atoms with E-state index >= 15 is 0 Å². The minimum atomic E-state index is -0.679. The number of fused-ring (bicyclic) bond motifs is 1. The van der Waals surface area contributed by atoms with Crippen molar-refractivity contribution in [1.82, 2.24) is 20.1 Å². The molecule has 26 heavy (non-hydrogen) atoms. The van der Waals surface area contributed by atoms with Crippen molar-refractivity contribution in [3.05, 3.63) is 52.1 Å². The summed E-state index contributed by atoms with van der Waals surface area (Å²) in [6, 6.07) is 8.59. The summed E-state index contributed by atoms with van der Waals surface area (Å²) in [5.74, 6) is 0.752. The number of aryl methyl sites for hydroxylation is 1. The highest BCUT2D eigenvalue weighted by atomic mass is 16.4. The van der Waals surface area contributed by atoms with Crippen LogP contribution in [0.5, 0.6) is 0 Å². The molecule has 0 radical (unpaired) electrons. The van der Waals surface area contributed by atoms with Crippen molar-refractivity contribution in [2.45, 2.75) is 18.8 Å². The molecule has 4 rings (SSSR count). The van der Waals surface area contributed by atoms with Crippen molar-refractivity contribution < 1.29 is 9.21 Å². The number of anilines is 1. The van der Waals surface area contributed by atoms with Gasteiger partial charge in [-0.25, -0.2) is 9.48 Å². The fourth-order valence-corrected chi connectivity index (χ4v) is 3.16. The molecule has 0 spiro atoms. The first-order valence-corrected chi connectivity index (χ1v) is 8.58. The van der Waals surface area contributed by atoms with Crippen molar-refractivity contribution in [2.75, 3.05) is 18.4 Å². The smallest absolute Gasteiger partial charge is 0.349 e. The van der Waals surface area contributed by atoms with Gasteiger partial charge >= 0.3 is 5.63 Å². The van der Waals surface area contributed by atoms with Crippen LogP contribution >= 0.6 is 0 Å². The van der Waals surface area contributed by atoms with Gasteiger partial charge in [0, 0.05) is 18.4 Å². The average Bonchev–Trinajstić information content (AvgIpc) is 3.02. The lowest BCUT2D eigenvalue weighted by Crippen LogP contribution is -2.27. The molecule has 1 aliphatic heterocycles. The summed E-state index contributed by atoms with van der Waals surface area (Å²) < 4.78 is 6.74. The number of carbonyl (C=O) groups excluding carboxylic acids is 1. The van der Waals surface area contributed by atoms with Crippen molar-refractivity contribution >= 4 is 22.8 Å². The lowest BCUT2D eigenvalue weighted by molar-refractivity contribution is 0.102. The van der Waals surface area contributed by atoms with Crippen molar-refractivity contribution in [2.24, 2.45) is 7.05 Å². The normalized spacial score (nSPS) is 15.3. The molecular weight excluding hydrogens is 334 g/mol. The number of piperidine rings is 1. The Balaban J connectivity index is 1.59. The lowest BCUT2D eigenvalue weighted by Gasteiger charge is -2.19. The van der Waals surface area contributed by atoms with Crippen LogP contribution in [0.25, 0.3) is 11.0 Å². The Bertz CT molecular complexity index is 1020. The second-order valence-corrected chi connectivity index (χ2v) is 6.38. The van der Waals surface area contributed by atoms with E-state index in [2.05, 4.69) is 20.7 Å². The van der Waals surface area contributed by atoms with Gasteiger partial charge in [-0.2, -0.15) is 10.1 Å². The minimum absolute atomic E-state index is 0.0601. The number of nitrogens with one attached hydrogen (secondary N) is 2. The van der Waals surface area contributed by atoms with E-state index in [0.717, 1.165) is 31.8 Å². The van der Waals surface area contributed by atoms with Crippen molar-refractivity contribution in [3.8, 4) is 0 Å². The van der Waals surface area contributed by atoms with E-state index in [1.807, 2.05) is 6.07 Å². The number of amides is 1. The maximum Gasteiger partial charge on any atom is 0.349 e. The third kappa shape index (κ3) is 3.11. The summed E-state index contributed by atoms with van der Waals surface area (Å²) in [4.78, 5) is 29.1. The number of benzene rings is 1. The first-order chi connectivity index (χ1) is 12.6. The van der Waals surface area contributed by atoms with E-state index in [9.17, 15) is 9.59 Å². The van der Waals surface area contributed by atoms with E-state index in [0.29, 0.717) is 16.9 Å². The van der Waals surface area contributed by atoms with Gasteiger partial charge in [0.15, 0.2) is 5.82 Å². The fraction of sp³-hybridized carbons (Fsp3) is 0.333. The van der Waals surface area contributed by atoms with Gasteiger partial charge in [-0.3, -0.25) is 10.1 Å². The van der Waals surface area contributed by atoms with E-state index in [-0.39, 0.29) is 11.5 Å². The molecule has 0 aliphatic carbocycles.